The summed E-state index contributed by atoms with van der Waals surface area (Å²) in [6.45, 7) is 6.68. The maximum Gasteiger partial charge on any atom is 0.134 e. The summed E-state index contributed by atoms with van der Waals surface area (Å²) in [5.41, 5.74) is -0.390. The van der Waals surface area contributed by atoms with E-state index in [0.29, 0.717) is 43.0 Å². The molecule has 2 aliphatic heterocycles. The van der Waals surface area contributed by atoms with Crippen molar-refractivity contribution in [3.63, 3.8) is 0 Å². The van der Waals surface area contributed by atoms with Crippen LogP contribution in [-0.4, -0.2) is 61.0 Å². The second-order valence-electron chi connectivity index (χ2n) is 10.7. The number of para-hydroxylation sites is 1. The molecule has 2 aliphatic rings. The molecule has 36 heavy (non-hydrogen) atoms. The third kappa shape index (κ3) is 4.85. The van der Waals surface area contributed by atoms with E-state index in [9.17, 15) is 8.78 Å². The number of halogens is 4. The number of alkyl halides is 2. The fraction of sp³-hybridized carbons (Fsp3) is 0.500. The average Bonchev–Trinajstić information content (AvgIpc) is 3.13. The zero-order valence-electron chi connectivity index (χ0n) is 20.9. The highest BCUT2D eigenvalue weighted by Gasteiger charge is 2.42. The average molecular weight is 505 g/mol. The lowest BCUT2D eigenvalue weighted by atomic mass is 9.86. The van der Waals surface area contributed by atoms with Crippen molar-refractivity contribution in [1.82, 2.24) is 9.80 Å². The van der Waals surface area contributed by atoms with Crippen LogP contribution < -0.4 is 4.74 Å². The largest absolute Gasteiger partial charge is 0.492 e. The number of benzene rings is 2. The normalized spacial score (nSPS) is 21.5. The Kier molecular flexibility index (Phi) is 6.76. The van der Waals surface area contributed by atoms with Crippen molar-refractivity contribution >= 4 is 11.0 Å². The third-order valence-electron chi connectivity index (χ3n) is 7.17. The van der Waals surface area contributed by atoms with Crippen molar-refractivity contribution in [3.05, 3.63) is 64.9 Å². The highest BCUT2D eigenvalue weighted by atomic mass is 19.1. The molecule has 0 amide bonds. The van der Waals surface area contributed by atoms with Crippen molar-refractivity contribution in [2.24, 2.45) is 5.92 Å². The highest BCUT2D eigenvalue weighted by Crippen LogP contribution is 2.45. The highest BCUT2D eigenvalue weighted by molar-refractivity contribution is 5.83. The summed E-state index contributed by atoms with van der Waals surface area (Å²) in [6, 6.07) is 8.74. The van der Waals surface area contributed by atoms with E-state index in [1.165, 1.54) is 26.0 Å². The van der Waals surface area contributed by atoms with Crippen LogP contribution in [0.15, 0.2) is 40.8 Å². The Balaban J connectivity index is 1.48. The lowest BCUT2D eigenvalue weighted by Gasteiger charge is -2.42. The van der Waals surface area contributed by atoms with Gasteiger partial charge in [0.05, 0.1) is 12.7 Å². The molecule has 4 nitrogen and oxygen atoms in total. The lowest BCUT2D eigenvalue weighted by Crippen LogP contribution is -2.49. The van der Waals surface area contributed by atoms with Crippen LogP contribution in [0.5, 0.6) is 5.75 Å². The molecule has 0 bridgehead atoms. The number of hydrogen-bond donors (Lipinski definition) is 0. The van der Waals surface area contributed by atoms with E-state index < -0.39 is 23.3 Å². The van der Waals surface area contributed by atoms with Gasteiger partial charge in [-0.15, -0.1) is 0 Å². The molecule has 0 N–H and O–H groups in total. The number of fused-ring (bicyclic) bond motifs is 3. The summed E-state index contributed by atoms with van der Waals surface area (Å²) in [7, 11) is 0. The number of nitrogens with zero attached hydrogens (tertiary/aromatic N) is 2. The Hall–Kier alpha value is -2.58. The molecule has 0 aliphatic carbocycles. The first kappa shape index (κ1) is 25.1. The van der Waals surface area contributed by atoms with E-state index in [0.717, 1.165) is 5.39 Å². The minimum absolute atomic E-state index is 0.00458. The molecule has 5 rings (SSSR count). The van der Waals surface area contributed by atoms with Crippen LogP contribution in [0.4, 0.5) is 17.6 Å². The molecule has 1 saturated heterocycles. The minimum Gasteiger partial charge on any atom is -0.492 e. The topological polar surface area (TPSA) is 28.9 Å². The van der Waals surface area contributed by atoms with Crippen LogP contribution in [0.3, 0.4) is 0 Å². The molecule has 1 aromatic heterocycles. The smallest absolute Gasteiger partial charge is 0.134 e. The molecule has 8 heteroatoms. The van der Waals surface area contributed by atoms with E-state index in [1.807, 2.05) is 41.0 Å². The van der Waals surface area contributed by atoms with E-state index in [2.05, 4.69) is 0 Å². The molecular weight excluding hydrogens is 472 g/mol. The molecule has 0 spiro atoms. The third-order valence-corrected chi connectivity index (χ3v) is 7.17. The van der Waals surface area contributed by atoms with Gasteiger partial charge in [0.25, 0.3) is 0 Å². The first-order chi connectivity index (χ1) is 17.1. The van der Waals surface area contributed by atoms with Gasteiger partial charge in [-0.2, -0.15) is 0 Å². The zero-order valence-corrected chi connectivity index (χ0v) is 20.9. The standard InChI is InChI=1S/C28H32F4N2O2/c1-17-10-24-25(20-6-4-5-7-23(20)36-24)27(34(17)16-28(2,3)32)26-21(30)11-19(12-22(26)31)35-9-8-33-14-18(13-29)15-33/h4-7,11-12,17-18,27H,8-10,13-16H2,1-3H3. The monoisotopic (exact) mass is 504 g/mol. The van der Waals surface area contributed by atoms with Crippen LogP contribution in [0, 0.1) is 17.6 Å². The Morgan fingerprint density at radius 3 is 2.44 bits per heavy atom. The number of rotatable bonds is 8. The number of hydrogen-bond acceptors (Lipinski definition) is 4. The van der Waals surface area contributed by atoms with Gasteiger partial charge in [-0.1, -0.05) is 18.2 Å². The Labute approximate surface area is 208 Å². The molecule has 1 fully saturated rings. The summed E-state index contributed by atoms with van der Waals surface area (Å²) in [5.74, 6) is -0.665. The van der Waals surface area contributed by atoms with Crippen molar-refractivity contribution in [2.45, 2.75) is 44.9 Å². The number of ether oxygens (including phenoxy) is 1. The molecule has 3 aromatic rings. The summed E-state index contributed by atoms with van der Waals surface area (Å²) < 4.78 is 70.6. The van der Waals surface area contributed by atoms with Gasteiger partial charge in [0, 0.05) is 73.2 Å². The van der Waals surface area contributed by atoms with Gasteiger partial charge in [0.15, 0.2) is 0 Å². The molecular formula is C28H32F4N2O2. The molecule has 0 radical (unpaired) electrons. The van der Waals surface area contributed by atoms with E-state index in [-0.39, 0.29) is 43.1 Å². The fourth-order valence-corrected chi connectivity index (χ4v) is 5.52. The van der Waals surface area contributed by atoms with Crippen LogP contribution >= 0.6 is 0 Å². The SMILES string of the molecule is CC1Cc2oc3ccccc3c2C(c2c(F)cc(OCCN3CC(CF)C3)cc2F)N1CC(C)(C)F. The molecule has 2 aromatic carbocycles. The first-order valence-corrected chi connectivity index (χ1v) is 12.5. The lowest BCUT2D eigenvalue weighted by molar-refractivity contribution is 0.0619. The second kappa shape index (κ2) is 9.71. The van der Waals surface area contributed by atoms with Gasteiger partial charge in [-0.3, -0.25) is 14.2 Å². The fourth-order valence-electron chi connectivity index (χ4n) is 5.52. The van der Waals surface area contributed by atoms with E-state index in [4.69, 9.17) is 9.15 Å². The van der Waals surface area contributed by atoms with Crippen LogP contribution in [0.2, 0.25) is 0 Å². The van der Waals surface area contributed by atoms with Gasteiger partial charge in [-0.25, -0.2) is 13.2 Å². The minimum atomic E-state index is -1.57. The van der Waals surface area contributed by atoms with Crippen LogP contribution in [0.25, 0.3) is 11.0 Å². The van der Waals surface area contributed by atoms with Crippen molar-refractivity contribution in [1.29, 1.82) is 0 Å². The van der Waals surface area contributed by atoms with Crippen LogP contribution in [-0.2, 0) is 6.42 Å². The predicted octanol–water partition coefficient (Wildman–Crippen LogP) is 6.08. The first-order valence-electron chi connectivity index (χ1n) is 12.5. The number of furan rings is 1. The van der Waals surface area contributed by atoms with E-state index >= 15 is 8.78 Å². The predicted molar refractivity (Wildman–Crippen MR) is 131 cm³/mol. The molecule has 0 saturated carbocycles. The quantitative estimate of drug-likeness (QED) is 0.348. The van der Waals surface area contributed by atoms with Gasteiger partial charge in [-0.05, 0) is 26.8 Å². The molecule has 2 unspecified atom stereocenters. The van der Waals surface area contributed by atoms with Crippen molar-refractivity contribution < 1.29 is 26.7 Å². The Morgan fingerprint density at radius 1 is 1.08 bits per heavy atom. The second-order valence-corrected chi connectivity index (χ2v) is 10.7. The Morgan fingerprint density at radius 2 is 1.78 bits per heavy atom. The summed E-state index contributed by atoms with van der Waals surface area (Å²) in [6.07, 6.45) is 0.515. The molecule has 3 heterocycles. The van der Waals surface area contributed by atoms with Crippen molar-refractivity contribution in [3.8, 4) is 5.75 Å². The van der Waals surface area contributed by atoms with E-state index in [1.54, 1.807) is 0 Å². The molecule has 2 atom stereocenters. The summed E-state index contributed by atoms with van der Waals surface area (Å²) in [4.78, 5) is 3.87. The maximum absolute atomic E-state index is 15.7. The van der Waals surface area contributed by atoms with Crippen LogP contribution in [0.1, 0.15) is 43.7 Å². The van der Waals surface area contributed by atoms with Gasteiger partial charge >= 0.3 is 0 Å². The van der Waals surface area contributed by atoms with Crippen molar-refractivity contribution in [2.75, 3.05) is 39.5 Å². The Bertz CT molecular complexity index is 1210. The van der Waals surface area contributed by atoms with Gasteiger partial charge < -0.3 is 9.15 Å². The van der Waals surface area contributed by atoms with Gasteiger partial charge in [0.2, 0.25) is 0 Å². The zero-order chi connectivity index (χ0) is 25.6. The molecule has 194 valence electrons. The maximum atomic E-state index is 15.7. The summed E-state index contributed by atoms with van der Waals surface area (Å²) in [5, 5.41) is 0.770. The van der Waals surface area contributed by atoms with Gasteiger partial charge in [0.1, 0.15) is 41.0 Å². The number of likely N-dealkylation sites (tertiary alicyclic amines) is 1. The summed E-state index contributed by atoms with van der Waals surface area (Å²) >= 11 is 0.